The summed E-state index contributed by atoms with van der Waals surface area (Å²) in [4.78, 5) is 4.64. The van der Waals surface area contributed by atoms with E-state index in [0.717, 1.165) is 5.92 Å². The van der Waals surface area contributed by atoms with Gasteiger partial charge >= 0.3 is 0 Å². The zero-order valence-electron chi connectivity index (χ0n) is 14.0. The lowest BCUT2D eigenvalue weighted by atomic mass is 9.86. The van der Waals surface area contributed by atoms with Crippen molar-refractivity contribution in [1.82, 2.24) is 4.90 Å². The first-order chi connectivity index (χ1) is 10.0. The van der Waals surface area contributed by atoms with E-state index < -0.39 is 0 Å². The van der Waals surface area contributed by atoms with Crippen LogP contribution in [0.4, 0.5) is 5.69 Å². The van der Waals surface area contributed by atoms with Gasteiger partial charge in [-0.25, -0.2) is 0 Å². The minimum Gasteiger partial charge on any atom is -0.378 e. The van der Waals surface area contributed by atoms with Crippen molar-refractivity contribution in [3.05, 3.63) is 29.8 Å². The summed E-state index contributed by atoms with van der Waals surface area (Å²) in [5.74, 6) is 0.894. The highest BCUT2D eigenvalue weighted by Gasteiger charge is 2.26. The van der Waals surface area contributed by atoms with Crippen molar-refractivity contribution in [1.29, 1.82) is 0 Å². The van der Waals surface area contributed by atoms with E-state index in [1.807, 2.05) is 0 Å². The average molecular weight is 289 g/mol. The van der Waals surface area contributed by atoms with Crippen LogP contribution in [0.15, 0.2) is 24.3 Å². The lowest BCUT2D eigenvalue weighted by molar-refractivity contribution is 0.126. The van der Waals surface area contributed by atoms with Gasteiger partial charge in [-0.15, -0.1) is 0 Å². The molecular formula is C18H31N3. The Morgan fingerprint density at radius 2 is 1.62 bits per heavy atom. The molecule has 118 valence electrons. The fourth-order valence-electron chi connectivity index (χ4n) is 3.44. The highest BCUT2D eigenvalue weighted by atomic mass is 15.2. The number of nitrogens with two attached hydrogens (primary N) is 1. The zero-order valence-corrected chi connectivity index (χ0v) is 14.0. The molecule has 0 bridgehead atoms. The first kappa shape index (κ1) is 16.3. The number of hydrogen-bond donors (Lipinski definition) is 1. The monoisotopic (exact) mass is 289 g/mol. The van der Waals surface area contributed by atoms with Gasteiger partial charge in [0.05, 0.1) is 0 Å². The second-order valence-electron chi connectivity index (χ2n) is 6.82. The van der Waals surface area contributed by atoms with E-state index in [2.05, 4.69) is 62.1 Å². The van der Waals surface area contributed by atoms with Gasteiger partial charge in [-0.3, -0.25) is 4.90 Å². The number of anilines is 1. The van der Waals surface area contributed by atoms with E-state index in [1.54, 1.807) is 0 Å². The highest BCUT2D eigenvalue weighted by Crippen LogP contribution is 2.31. The van der Waals surface area contributed by atoms with Crippen LogP contribution in [-0.4, -0.2) is 38.6 Å². The van der Waals surface area contributed by atoms with Crippen molar-refractivity contribution in [3.63, 3.8) is 0 Å². The summed E-state index contributed by atoms with van der Waals surface area (Å²) in [6.45, 7) is 3.06. The van der Waals surface area contributed by atoms with E-state index in [9.17, 15) is 0 Å². The van der Waals surface area contributed by atoms with Crippen molar-refractivity contribution >= 4 is 5.69 Å². The molecule has 2 N–H and O–H groups in total. The summed E-state index contributed by atoms with van der Waals surface area (Å²) in [7, 11) is 6.40. The molecule has 0 radical (unpaired) electrons. The Labute approximate surface area is 130 Å². The first-order valence-corrected chi connectivity index (χ1v) is 8.22. The molecule has 3 heteroatoms. The fraction of sp³-hybridized carbons (Fsp3) is 0.667. The number of rotatable bonds is 5. The predicted molar refractivity (Wildman–Crippen MR) is 91.7 cm³/mol. The van der Waals surface area contributed by atoms with Gasteiger partial charge in [0.2, 0.25) is 0 Å². The number of nitrogens with zero attached hydrogens (tertiary/aromatic N) is 2. The van der Waals surface area contributed by atoms with Gasteiger partial charge in [0, 0.05) is 38.4 Å². The minimum atomic E-state index is 0.333. The van der Waals surface area contributed by atoms with Gasteiger partial charge in [-0.2, -0.15) is 0 Å². The molecule has 1 aromatic carbocycles. The van der Waals surface area contributed by atoms with Crippen LogP contribution in [0.3, 0.4) is 0 Å². The van der Waals surface area contributed by atoms with E-state index in [1.165, 1.54) is 36.9 Å². The molecule has 0 heterocycles. The van der Waals surface area contributed by atoms with E-state index in [4.69, 9.17) is 5.73 Å². The number of likely N-dealkylation sites (N-methyl/N-ethyl adjacent to an activating group) is 1. The Morgan fingerprint density at radius 3 is 2.10 bits per heavy atom. The quantitative estimate of drug-likeness (QED) is 0.903. The minimum absolute atomic E-state index is 0.333. The van der Waals surface area contributed by atoms with Crippen LogP contribution in [0.5, 0.6) is 0 Å². The van der Waals surface area contributed by atoms with Crippen molar-refractivity contribution < 1.29 is 0 Å². The van der Waals surface area contributed by atoms with Crippen LogP contribution >= 0.6 is 0 Å². The Bertz CT molecular complexity index is 419. The molecular weight excluding hydrogens is 258 g/mol. The highest BCUT2D eigenvalue weighted by molar-refractivity contribution is 5.46. The second-order valence-corrected chi connectivity index (χ2v) is 6.82. The van der Waals surface area contributed by atoms with Gasteiger partial charge in [0.1, 0.15) is 0 Å². The predicted octanol–water partition coefficient (Wildman–Crippen LogP) is 3.26. The molecule has 0 spiro atoms. The molecule has 0 aliphatic heterocycles. The Hall–Kier alpha value is -1.06. The summed E-state index contributed by atoms with van der Waals surface area (Å²) in [6, 6.07) is 9.86. The van der Waals surface area contributed by atoms with Gasteiger partial charge in [0.25, 0.3) is 0 Å². The standard InChI is InChI=1S/C18H31N3/c1-14-5-9-17(10-6-14)21(4)18(13-19)15-7-11-16(12-8-15)20(2)3/h7-8,11-12,14,17-18H,5-6,9-10,13,19H2,1-4H3. The van der Waals surface area contributed by atoms with Crippen molar-refractivity contribution in [2.24, 2.45) is 11.7 Å². The van der Waals surface area contributed by atoms with E-state index in [-0.39, 0.29) is 0 Å². The number of hydrogen-bond acceptors (Lipinski definition) is 3. The third-order valence-corrected chi connectivity index (χ3v) is 5.07. The molecule has 0 amide bonds. The van der Waals surface area contributed by atoms with Crippen molar-refractivity contribution in [3.8, 4) is 0 Å². The lowest BCUT2D eigenvalue weighted by Crippen LogP contribution is -2.40. The van der Waals surface area contributed by atoms with Crippen LogP contribution in [-0.2, 0) is 0 Å². The summed E-state index contributed by atoms with van der Waals surface area (Å²) in [5, 5.41) is 0. The van der Waals surface area contributed by atoms with Crippen LogP contribution in [0, 0.1) is 5.92 Å². The molecule has 3 nitrogen and oxygen atoms in total. The Morgan fingerprint density at radius 1 is 1.05 bits per heavy atom. The Kier molecular flexibility index (Phi) is 5.65. The van der Waals surface area contributed by atoms with Crippen molar-refractivity contribution in [2.75, 3.05) is 32.6 Å². The largest absolute Gasteiger partial charge is 0.378 e. The maximum absolute atomic E-state index is 6.09. The number of benzene rings is 1. The molecule has 2 rings (SSSR count). The SMILES string of the molecule is CC1CCC(N(C)C(CN)c2ccc(N(C)C)cc2)CC1. The Balaban J connectivity index is 2.07. The third kappa shape index (κ3) is 3.98. The molecule has 0 aromatic heterocycles. The van der Waals surface area contributed by atoms with Gasteiger partial charge in [-0.05, 0) is 56.3 Å². The molecule has 1 fully saturated rings. The molecule has 0 saturated heterocycles. The normalized spacial score (nSPS) is 24.1. The van der Waals surface area contributed by atoms with E-state index in [0.29, 0.717) is 18.6 Å². The summed E-state index contributed by atoms with van der Waals surface area (Å²) < 4.78 is 0. The lowest BCUT2D eigenvalue weighted by Gasteiger charge is -2.38. The van der Waals surface area contributed by atoms with Crippen molar-refractivity contribution in [2.45, 2.75) is 44.7 Å². The van der Waals surface area contributed by atoms with Crippen LogP contribution in [0.25, 0.3) is 0 Å². The first-order valence-electron chi connectivity index (χ1n) is 8.22. The average Bonchev–Trinajstić information content (AvgIpc) is 2.49. The third-order valence-electron chi connectivity index (χ3n) is 5.07. The van der Waals surface area contributed by atoms with Crippen LogP contribution in [0.1, 0.15) is 44.2 Å². The van der Waals surface area contributed by atoms with Crippen LogP contribution < -0.4 is 10.6 Å². The summed E-state index contributed by atoms with van der Waals surface area (Å²) in [6.07, 6.45) is 5.33. The molecule has 1 unspecified atom stereocenters. The van der Waals surface area contributed by atoms with Gasteiger partial charge < -0.3 is 10.6 Å². The molecule has 1 atom stereocenters. The molecule has 21 heavy (non-hydrogen) atoms. The fourth-order valence-corrected chi connectivity index (χ4v) is 3.44. The topological polar surface area (TPSA) is 32.5 Å². The maximum atomic E-state index is 6.09. The summed E-state index contributed by atoms with van der Waals surface area (Å²) >= 11 is 0. The van der Waals surface area contributed by atoms with Gasteiger partial charge in [-0.1, -0.05) is 19.1 Å². The zero-order chi connectivity index (χ0) is 15.4. The smallest absolute Gasteiger partial charge is 0.0470 e. The van der Waals surface area contributed by atoms with E-state index >= 15 is 0 Å². The maximum Gasteiger partial charge on any atom is 0.0470 e. The molecule has 1 saturated carbocycles. The molecule has 1 aliphatic carbocycles. The van der Waals surface area contributed by atoms with Gasteiger partial charge in [0.15, 0.2) is 0 Å². The molecule has 1 aliphatic rings. The second kappa shape index (κ2) is 7.28. The van der Waals surface area contributed by atoms with Crippen LogP contribution in [0.2, 0.25) is 0 Å². The molecule has 1 aromatic rings. The summed E-state index contributed by atoms with van der Waals surface area (Å²) in [5.41, 5.74) is 8.66.